The van der Waals surface area contributed by atoms with Gasteiger partial charge < -0.3 is 14.9 Å². The zero-order valence-corrected chi connectivity index (χ0v) is 10.2. The number of carboxylic acid groups (broad SMARTS) is 1. The predicted octanol–water partition coefficient (Wildman–Crippen LogP) is 2.34. The van der Waals surface area contributed by atoms with Crippen LogP contribution in [0.2, 0.25) is 5.15 Å². The number of hydrogen-bond acceptors (Lipinski definition) is 5. The number of carbonyl (C=O) groups is 1. The van der Waals surface area contributed by atoms with Crippen LogP contribution in [0.1, 0.15) is 21.8 Å². The number of anilines is 1. The Hall–Kier alpha value is -2.08. The van der Waals surface area contributed by atoms with Crippen molar-refractivity contribution in [3.63, 3.8) is 0 Å². The average Bonchev–Trinajstić information content (AvgIpc) is 2.72. The molecule has 94 valence electrons. The quantitative estimate of drug-likeness (QED) is 0.827. The van der Waals surface area contributed by atoms with Crippen LogP contribution in [-0.2, 0) is 6.54 Å². The molecule has 2 aromatic rings. The third-order valence-corrected chi connectivity index (χ3v) is 2.36. The Balaban J connectivity index is 2.11. The highest BCUT2D eigenvalue weighted by atomic mass is 35.5. The molecule has 0 bridgehead atoms. The van der Waals surface area contributed by atoms with E-state index in [1.54, 1.807) is 6.07 Å². The van der Waals surface area contributed by atoms with Crippen molar-refractivity contribution in [2.75, 3.05) is 5.32 Å². The Labute approximate surface area is 108 Å². The van der Waals surface area contributed by atoms with Gasteiger partial charge in [0, 0.05) is 6.07 Å². The molecule has 0 spiro atoms. The molecule has 2 heterocycles. The first kappa shape index (κ1) is 12.4. The summed E-state index contributed by atoms with van der Waals surface area (Å²) in [5, 5.41) is 15.7. The maximum absolute atomic E-state index is 10.8. The Kier molecular flexibility index (Phi) is 3.47. The molecule has 0 saturated heterocycles. The van der Waals surface area contributed by atoms with E-state index in [-0.39, 0.29) is 10.7 Å². The number of aromatic carboxylic acids is 1. The zero-order chi connectivity index (χ0) is 13.1. The minimum Gasteiger partial charge on any atom is -0.478 e. The van der Waals surface area contributed by atoms with Gasteiger partial charge in [-0.1, -0.05) is 16.8 Å². The Bertz CT molecular complexity index is 583. The van der Waals surface area contributed by atoms with Gasteiger partial charge in [-0.25, -0.2) is 9.78 Å². The lowest BCUT2D eigenvalue weighted by Crippen LogP contribution is -2.04. The number of pyridine rings is 1. The fourth-order valence-corrected chi connectivity index (χ4v) is 1.60. The molecular weight excluding hydrogens is 258 g/mol. The van der Waals surface area contributed by atoms with E-state index in [0.717, 1.165) is 5.69 Å². The first-order valence-corrected chi connectivity index (χ1v) is 5.49. The number of aryl methyl sites for hydroxylation is 1. The average molecular weight is 268 g/mol. The number of rotatable bonds is 4. The van der Waals surface area contributed by atoms with E-state index < -0.39 is 5.97 Å². The van der Waals surface area contributed by atoms with Crippen LogP contribution in [0.5, 0.6) is 0 Å². The van der Waals surface area contributed by atoms with Gasteiger partial charge >= 0.3 is 5.97 Å². The number of hydrogen-bond donors (Lipinski definition) is 2. The highest BCUT2D eigenvalue weighted by Crippen LogP contribution is 2.15. The van der Waals surface area contributed by atoms with Crippen molar-refractivity contribution in [1.29, 1.82) is 0 Å². The molecule has 0 atom stereocenters. The number of nitrogens with zero attached hydrogens (tertiary/aromatic N) is 2. The van der Waals surface area contributed by atoms with Crippen LogP contribution in [0.15, 0.2) is 22.7 Å². The normalized spacial score (nSPS) is 10.3. The van der Waals surface area contributed by atoms with Crippen LogP contribution in [0, 0.1) is 6.92 Å². The molecule has 0 amide bonds. The third kappa shape index (κ3) is 2.98. The van der Waals surface area contributed by atoms with Gasteiger partial charge in [-0.05, 0) is 19.1 Å². The minimum atomic E-state index is -1.06. The summed E-state index contributed by atoms with van der Waals surface area (Å²) >= 11 is 5.73. The van der Waals surface area contributed by atoms with E-state index in [2.05, 4.69) is 15.5 Å². The first-order valence-electron chi connectivity index (χ1n) is 5.11. The SMILES string of the molecule is Cc1cc(CNc2cc(C(=O)O)cc(Cl)n2)on1. The fourth-order valence-electron chi connectivity index (χ4n) is 1.39. The van der Waals surface area contributed by atoms with Gasteiger partial charge in [-0.2, -0.15) is 0 Å². The van der Waals surface area contributed by atoms with E-state index in [1.807, 2.05) is 6.92 Å². The van der Waals surface area contributed by atoms with Crippen LogP contribution in [-0.4, -0.2) is 21.2 Å². The third-order valence-electron chi connectivity index (χ3n) is 2.16. The van der Waals surface area contributed by atoms with E-state index in [1.165, 1.54) is 12.1 Å². The summed E-state index contributed by atoms with van der Waals surface area (Å²) in [6.07, 6.45) is 0. The fraction of sp³-hybridized carbons (Fsp3) is 0.182. The molecule has 2 N–H and O–H groups in total. The highest BCUT2D eigenvalue weighted by Gasteiger charge is 2.08. The lowest BCUT2D eigenvalue weighted by atomic mass is 10.2. The zero-order valence-electron chi connectivity index (χ0n) is 9.48. The molecule has 2 rings (SSSR count). The van der Waals surface area contributed by atoms with Gasteiger partial charge in [-0.3, -0.25) is 0 Å². The summed E-state index contributed by atoms with van der Waals surface area (Å²) in [4.78, 5) is 14.8. The van der Waals surface area contributed by atoms with Crippen molar-refractivity contribution in [1.82, 2.24) is 10.1 Å². The number of aromatic nitrogens is 2. The van der Waals surface area contributed by atoms with Crippen LogP contribution in [0.25, 0.3) is 0 Å². The second kappa shape index (κ2) is 5.05. The van der Waals surface area contributed by atoms with Gasteiger partial charge in [0.05, 0.1) is 17.8 Å². The Morgan fingerprint density at radius 2 is 2.28 bits per heavy atom. The lowest BCUT2D eigenvalue weighted by Gasteiger charge is -2.04. The molecule has 0 fully saturated rings. The molecule has 0 aliphatic heterocycles. The smallest absolute Gasteiger partial charge is 0.335 e. The van der Waals surface area contributed by atoms with Crippen LogP contribution < -0.4 is 5.32 Å². The molecule has 2 aromatic heterocycles. The van der Waals surface area contributed by atoms with Gasteiger partial charge in [0.1, 0.15) is 11.0 Å². The Morgan fingerprint density at radius 1 is 1.50 bits per heavy atom. The number of carboxylic acids is 1. The van der Waals surface area contributed by atoms with Crippen molar-refractivity contribution in [2.45, 2.75) is 13.5 Å². The van der Waals surface area contributed by atoms with Gasteiger partial charge in [0.25, 0.3) is 0 Å². The monoisotopic (exact) mass is 267 g/mol. The second-order valence-corrected chi connectivity index (χ2v) is 4.04. The first-order chi connectivity index (χ1) is 8.54. The Morgan fingerprint density at radius 3 is 2.89 bits per heavy atom. The highest BCUT2D eigenvalue weighted by molar-refractivity contribution is 6.29. The maximum Gasteiger partial charge on any atom is 0.335 e. The van der Waals surface area contributed by atoms with Crippen molar-refractivity contribution in [2.24, 2.45) is 0 Å². The summed E-state index contributed by atoms with van der Waals surface area (Å²) in [5.41, 5.74) is 0.850. The topological polar surface area (TPSA) is 88.2 Å². The van der Waals surface area contributed by atoms with E-state index in [0.29, 0.717) is 18.1 Å². The standard InChI is InChI=1S/C11H10ClN3O3/c1-6-2-8(18-15-6)5-13-10-4-7(11(16)17)3-9(12)14-10/h2-4H,5H2,1H3,(H,13,14)(H,16,17). The largest absolute Gasteiger partial charge is 0.478 e. The molecule has 6 nitrogen and oxygen atoms in total. The van der Waals surface area contributed by atoms with Crippen LogP contribution >= 0.6 is 11.6 Å². The molecule has 0 aliphatic carbocycles. The molecule has 0 saturated carbocycles. The van der Waals surface area contributed by atoms with Crippen molar-refractivity contribution < 1.29 is 14.4 Å². The van der Waals surface area contributed by atoms with E-state index in [4.69, 9.17) is 21.2 Å². The van der Waals surface area contributed by atoms with Crippen molar-refractivity contribution in [3.8, 4) is 0 Å². The summed E-state index contributed by atoms with van der Waals surface area (Å²) in [7, 11) is 0. The lowest BCUT2D eigenvalue weighted by molar-refractivity contribution is 0.0697. The minimum absolute atomic E-state index is 0.0752. The molecule has 7 heteroatoms. The summed E-state index contributed by atoms with van der Waals surface area (Å²) < 4.78 is 5.00. The molecule has 0 unspecified atom stereocenters. The molecule has 0 aliphatic rings. The van der Waals surface area contributed by atoms with Gasteiger partial charge in [0.15, 0.2) is 5.76 Å². The molecule has 0 radical (unpaired) electrons. The summed E-state index contributed by atoms with van der Waals surface area (Å²) in [5.74, 6) is -0.0574. The van der Waals surface area contributed by atoms with Gasteiger partial charge in [-0.15, -0.1) is 0 Å². The molecule has 18 heavy (non-hydrogen) atoms. The van der Waals surface area contributed by atoms with Crippen molar-refractivity contribution in [3.05, 3.63) is 40.4 Å². The maximum atomic E-state index is 10.8. The summed E-state index contributed by atoms with van der Waals surface area (Å²) in [6.45, 7) is 2.17. The van der Waals surface area contributed by atoms with Crippen LogP contribution in [0.3, 0.4) is 0 Å². The van der Waals surface area contributed by atoms with E-state index >= 15 is 0 Å². The number of nitrogens with one attached hydrogen (secondary N) is 1. The van der Waals surface area contributed by atoms with Gasteiger partial charge in [0.2, 0.25) is 0 Å². The second-order valence-electron chi connectivity index (χ2n) is 3.66. The van der Waals surface area contributed by atoms with Crippen molar-refractivity contribution >= 4 is 23.4 Å². The number of halogens is 1. The molecular formula is C11H10ClN3O3. The predicted molar refractivity (Wildman–Crippen MR) is 64.8 cm³/mol. The van der Waals surface area contributed by atoms with E-state index in [9.17, 15) is 4.79 Å². The summed E-state index contributed by atoms with van der Waals surface area (Å²) in [6, 6.07) is 4.46. The molecule has 0 aromatic carbocycles. The van der Waals surface area contributed by atoms with Crippen LogP contribution in [0.4, 0.5) is 5.82 Å².